The molecule has 0 radical (unpaired) electrons. The molecule has 2 heterocycles. The average molecular weight is 257 g/mol. The Balaban J connectivity index is 1.68. The van der Waals surface area contributed by atoms with Crippen LogP contribution in [0.4, 0.5) is 0 Å². The van der Waals surface area contributed by atoms with Gasteiger partial charge in [0.05, 0.1) is 22.8 Å². The van der Waals surface area contributed by atoms with Crippen molar-refractivity contribution >= 4 is 11.3 Å². The maximum atomic E-state index is 5.56. The van der Waals surface area contributed by atoms with Crippen LogP contribution in [-0.2, 0) is 6.61 Å². The molecule has 0 fully saturated rings. The van der Waals surface area contributed by atoms with E-state index in [1.165, 1.54) is 4.85 Å². The summed E-state index contributed by atoms with van der Waals surface area (Å²) in [7, 11) is 0. The molecule has 0 N–H and O–H groups in total. The number of rotatable bonds is 4. The zero-order valence-electron chi connectivity index (χ0n) is 9.56. The fourth-order valence-corrected chi connectivity index (χ4v) is 2.17. The largest absolute Gasteiger partial charge is 0.392 e. The van der Waals surface area contributed by atoms with E-state index in [4.69, 9.17) is 4.84 Å². The minimum Gasteiger partial charge on any atom is -0.392 e. The third-order valence-electron chi connectivity index (χ3n) is 2.48. The van der Waals surface area contributed by atoms with Crippen molar-refractivity contribution in [2.75, 3.05) is 0 Å². The fraction of sp³-hybridized carbons (Fsp3) is 0.0769. The van der Waals surface area contributed by atoms with Crippen LogP contribution in [0.5, 0.6) is 0 Å². The molecule has 0 amide bonds. The van der Waals surface area contributed by atoms with Gasteiger partial charge in [0, 0.05) is 11.8 Å². The molecule has 5 heteroatoms. The molecule has 1 aromatic carbocycles. The molecule has 3 aromatic rings. The molecule has 0 atom stereocenters. The van der Waals surface area contributed by atoms with Crippen LogP contribution in [0.25, 0.3) is 10.4 Å². The van der Waals surface area contributed by atoms with Gasteiger partial charge in [0.2, 0.25) is 0 Å². The Hall–Kier alpha value is -2.14. The maximum absolute atomic E-state index is 5.56. The second-order valence-corrected chi connectivity index (χ2v) is 4.64. The van der Waals surface area contributed by atoms with E-state index in [2.05, 4.69) is 10.1 Å². The lowest BCUT2D eigenvalue weighted by Gasteiger charge is -2.04. The first kappa shape index (κ1) is 11.0. The van der Waals surface area contributed by atoms with Gasteiger partial charge in [-0.15, -0.1) is 21.3 Å². The van der Waals surface area contributed by atoms with E-state index in [1.54, 1.807) is 23.0 Å². The van der Waals surface area contributed by atoms with Gasteiger partial charge in [0.15, 0.2) is 0 Å². The normalized spacial score (nSPS) is 10.4. The summed E-state index contributed by atoms with van der Waals surface area (Å²) >= 11 is 1.58. The molecular weight excluding hydrogens is 246 g/mol. The van der Waals surface area contributed by atoms with Crippen LogP contribution in [0.2, 0.25) is 0 Å². The number of aromatic nitrogens is 3. The summed E-state index contributed by atoms with van der Waals surface area (Å²) in [6, 6.07) is 10.0. The van der Waals surface area contributed by atoms with E-state index in [0.29, 0.717) is 6.61 Å². The van der Waals surface area contributed by atoms with Crippen molar-refractivity contribution in [1.29, 1.82) is 0 Å². The summed E-state index contributed by atoms with van der Waals surface area (Å²) < 4.78 is 0. The van der Waals surface area contributed by atoms with Gasteiger partial charge in [-0.3, -0.25) is 4.98 Å². The van der Waals surface area contributed by atoms with E-state index in [9.17, 15) is 0 Å². The Bertz CT molecular complexity index is 604. The third kappa shape index (κ3) is 2.41. The Morgan fingerprint density at radius 1 is 1.17 bits per heavy atom. The predicted molar refractivity (Wildman–Crippen MR) is 70.1 cm³/mol. The van der Waals surface area contributed by atoms with E-state index >= 15 is 0 Å². The number of hydrogen-bond donors (Lipinski definition) is 0. The van der Waals surface area contributed by atoms with Crippen LogP contribution in [0.3, 0.4) is 0 Å². The van der Waals surface area contributed by atoms with Gasteiger partial charge in [0.1, 0.15) is 6.61 Å². The molecule has 0 aliphatic heterocycles. The number of hydrogen-bond acceptors (Lipinski definition) is 4. The highest BCUT2D eigenvalue weighted by molar-refractivity contribution is 7.13. The molecule has 90 valence electrons. The molecule has 0 aliphatic carbocycles. The highest BCUT2D eigenvalue weighted by Crippen LogP contribution is 2.21. The standard InChI is InChI=1S/C13H11N3OS/c1-2-4-11(5-3-1)9-17-16-8-12(6-15-16)13-7-14-10-18-13/h1-8,10H,9H2. The molecular formula is C13H11N3OS. The Labute approximate surface area is 108 Å². The van der Waals surface area contributed by atoms with Crippen LogP contribution >= 0.6 is 11.3 Å². The van der Waals surface area contributed by atoms with Crippen molar-refractivity contribution in [3.8, 4) is 10.4 Å². The molecule has 0 spiro atoms. The zero-order valence-corrected chi connectivity index (χ0v) is 10.4. The molecule has 18 heavy (non-hydrogen) atoms. The first-order valence-corrected chi connectivity index (χ1v) is 6.40. The predicted octanol–water partition coefficient (Wildman–Crippen LogP) is 2.64. The first-order chi connectivity index (χ1) is 8.92. The van der Waals surface area contributed by atoms with Crippen molar-refractivity contribution < 1.29 is 4.84 Å². The lowest BCUT2D eigenvalue weighted by molar-refractivity contribution is 0.0701. The minimum absolute atomic E-state index is 0.505. The van der Waals surface area contributed by atoms with Gasteiger partial charge in [-0.25, -0.2) is 0 Å². The quantitative estimate of drug-likeness (QED) is 0.721. The number of thiazole rings is 1. The molecule has 4 nitrogen and oxygen atoms in total. The third-order valence-corrected chi connectivity index (χ3v) is 3.31. The van der Waals surface area contributed by atoms with Crippen molar-refractivity contribution in [3.63, 3.8) is 0 Å². The smallest absolute Gasteiger partial charge is 0.142 e. The van der Waals surface area contributed by atoms with Gasteiger partial charge in [-0.05, 0) is 5.56 Å². The fourth-order valence-electron chi connectivity index (χ4n) is 1.58. The second kappa shape index (κ2) is 5.01. The van der Waals surface area contributed by atoms with E-state index in [0.717, 1.165) is 16.0 Å². The summed E-state index contributed by atoms with van der Waals surface area (Å²) in [5.41, 5.74) is 3.94. The number of nitrogens with zero attached hydrogens (tertiary/aromatic N) is 3. The number of benzene rings is 1. The maximum Gasteiger partial charge on any atom is 0.142 e. The van der Waals surface area contributed by atoms with Crippen LogP contribution in [0, 0.1) is 0 Å². The van der Waals surface area contributed by atoms with Crippen LogP contribution in [0.15, 0.2) is 54.4 Å². The molecule has 0 saturated heterocycles. The van der Waals surface area contributed by atoms with E-state index < -0.39 is 0 Å². The minimum atomic E-state index is 0.505. The molecule has 2 aromatic heterocycles. The van der Waals surface area contributed by atoms with E-state index in [1.807, 2.05) is 42.7 Å². The van der Waals surface area contributed by atoms with Crippen molar-refractivity contribution in [1.82, 2.24) is 14.9 Å². The Morgan fingerprint density at radius 2 is 2.06 bits per heavy atom. The van der Waals surface area contributed by atoms with Crippen LogP contribution < -0.4 is 4.84 Å². The summed E-state index contributed by atoms with van der Waals surface area (Å²) in [6.45, 7) is 0.505. The molecule has 3 rings (SSSR count). The lowest BCUT2D eigenvalue weighted by atomic mass is 10.2. The summed E-state index contributed by atoms with van der Waals surface area (Å²) in [6.07, 6.45) is 5.46. The highest BCUT2D eigenvalue weighted by atomic mass is 32.1. The van der Waals surface area contributed by atoms with E-state index in [-0.39, 0.29) is 0 Å². The summed E-state index contributed by atoms with van der Waals surface area (Å²) in [4.78, 5) is 12.2. The SMILES string of the molecule is c1ccc(COn2cc(-c3cncs3)cn2)cc1. The van der Waals surface area contributed by atoms with Crippen LogP contribution in [-0.4, -0.2) is 14.9 Å². The topological polar surface area (TPSA) is 39.9 Å². The molecule has 0 bridgehead atoms. The molecule has 0 unspecified atom stereocenters. The van der Waals surface area contributed by atoms with Gasteiger partial charge in [-0.2, -0.15) is 0 Å². The van der Waals surface area contributed by atoms with Gasteiger partial charge in [-0.1, -0.05) is 30.3 Å². The van der Waals surface area contributed by atoms with Crippen molar-refractivity contribution in [3.05, 3.63) is 60.0 Å². The zero-order chi connectivity index (χ0) is 12.2. The monoisotopic (exact) mass is 257 g/mol. The average Bonchev–Trinajstić information content (AvgIpc) is 3.08. The summed E-state index contributed by atoms with van der Waals surface area (Å²) in [5.74, 6) is 0. The second-order valence-electron chi connectivity index (χ2n) is 3.76. The van der Waals surface area contributed by atoms with Gasteiger partial charge >= 0.3 is 0 Å². The van der Waals surface area contributed by atoms with Crippen LogP contribution in [0.1, 0.15) is 5.56 Å². The van der Waals surface area contributed by atoms with Gasteiger partial charge in [0.25, 0.3) is 0 Å². The highest BCUT2D eigenvalue weighted by Gasteiger charge is 2.03. The van der Waals surface area contributed by atoms with Crippen molar-refractivity contribution in [2.45, 2.75) is 6.61 Å². The van der Waals surface area contributed by atoms with Crippen molar-refractivity contribution in [2.24, 2.45) is 0 Å². The Kier molecular flexibility index (Phi) is 3.06. The lowest BCUT2D eigenvalue weighted by Crippen LogP contribution is -2.11. The Morgan fingerprint density at radius 3 is 2.83 bits per heavy atom. The summed E-state index contributed by atoms with van der Waals surface area (Å²) in [5, 5.41) is 4.16. The first-order valence-electron chi connectivity index (χ1n) is 5.52. The van der Waals surface area contributed by atoms with Gasteiger partial charge < -0.3 is 4.84 Å². The molecule has 0 saturated carbocycles. The molecule has 0 aliphatic rings.